The van der Waals surface area contributed by atoms with Gasteiger partial charge in [0.1, 0.15) is 11.4 Å². The van der Waals surface area contributed by atoms with Gasteiger partial charge < -0.3 is 10.1 Å². The van der Waals surface area contributed by atoms with E-state index in [1.165, 1.54) is 0 Å². The molecule has 0 atom stereocenters. The van der Waals surface area contributed by atoms with Crippen LogP contribution < -0.4 is 5.32 Å². The van der Waals surface area contributed by atoms with Crippen molar-refractivity contribution in [1.29, 1.82) is 0 Å². The van der Waals surface area contributed by atoms with Gasteiger partial charge in [-0.05, 0) is 13.1 Å². The normalized spacial score (nSPS) is 9.55. The van der Waals surface area contributed by atoms with E-state index in [1.54, 1.807) is 7.05 Å². The van der Waals surface area contributed by atoms with Crippen molar-refractivity contribution in [2.45, 2.75) is 6.42 Å². The molecular weight excluding hydrogens is 267 g/mol. The van der Waals surface area contributed by atoms with E-state index in [1.807, 2.05) is 0 Å². The fraction of sp³-hybridized carbons (Fsp3) is 0.308. The monoisotopic (exact) mass is 280 g/mol. The second kappa shape index (κ2) is 7.21. The standard InChI is InChI=1S/C13H13FN2O4/c1-15-6-4-3-5-9-7-12(16(18)19)10(8-11(9)14)13(17)20-2/h7-8,15H,4,6H2,1-2H3. The molecule has 1 rings (SSSR count). The third-order valence-corrected chi connectivity index (χ3v) is 2.41. The maximum Gasteiger partial charge on any atom is 0.344 e. The highest BCUT2D eigenvalue weighted by Gasteiger charge is 2.23. The van der Waals surface area contributed by atoms with Gasteiger partial charge in [0, 0.05) is 19.0 Å². The van der Waals surface area contributed by atoms with Crippen LogP contribution in [-0.2, 0) is 4.74 Å². The lowest BCUT2D eigenvalue weighted by molar-refractivity contribution is -0.385. The van der Waals surface area contributed by atoms with Crippen LogP contribution in [0.4, 0.5) is 10.1 Å². The number of esters is 1. The first kappa shape index (κ1) is 15.6. The van der Waals surface area contributed by atoms with E-state index in [-0.39, 0.29) is 5.56 Å². The molecule has 1 aromatic rings. The van der Waals surface area contributed by atoms with Crippen molar-refractivity contribution in [2.24, 2.45) is 0 Å². The SMILES string of the molecule is CNCCC#Cc1cc([N+](=O)[O-])c(C(=O)OC)cc1F. The van der Waals surface area contributed by atoms with Crippen LogP contribution in [0.3, 0.4) is 0 Å². The summed E-state index contributed by atoms with van der Waals surface area (Å²) >= 11 is 0. The number of nitrogens with one attached hydrogen (secondary N) is 1. The molecule has 0 bridgehead atoms. The summed E-state index contributed by atoms with van der Waals surface area (Å²) in [6.07, 6.45) is 0.475. The van der Waals surface area contributed by atoms with Crippen LogP contribution in [0.2, 0.25) is 0 Å². The lowest BCUT2D eigenvalue weighted by atomic mass is 10.1. The summed E-state index contributed by atoms with van der Waals surface area (Å²) in [7, 11) is 2.81. The van der Waals surface area contributed by atoms with Gasteiger partial charge in [0.15, 0.2) is 0 Å². The molecule has 0 radical (unpaired) electrons. The van der Waals surface area contributed by atoms with Gasteiger partial charge in [-0.1, -0.05) is 11.8 Å². The predicted molar refractivity (Wildman–Crippen MR) is 69.8 cm³/mol. The Morgan fingerprint density at radius 1 is 1.55 bits per heavy atom. The van der Waals surface area contributed by atoms with E-state index in [0.717, 1.165) is 19.2 Å². The van der Waals surface area contributed by atoms with Crippen molar-refractivity contribution < 1.29 is 18.8 Å². The van der Waals surface area contributed by atoms with Crippen molar-refractivity contribution in [3.63, 3.8) is 0 Å². The van der Waals surface area contributed by atoms with Gasteiger partial charge in [-0.15, -0.1) is 0 Å². The molecule has 6 nitrogen and oxygen atoms in total. The third kappa shape index (κ3) is 3.76. The molecule has 0 spiro atoms. The largest absolute Gasteiger partial charge is 0.465 e. The lowest BCUT2D eigenvalue weighted by Crippen LogP contribution is -2.07. The molecule has 0 saturated heterocycles. The molecule has 0 fully saturated rings. The Balaban J connectivity index is 3.22. The Kier molecular flexibility index (Phi) is 5.62. The fourth-order valence-electron chi connectivity index (χ4n) is 1.43. The molecule has 0 saturated carbocycles. The smallest absolute Gasteiger partial charge is 0.344 e. The molecule has 106 valence electrons. The number of nitro benzene ring substituents is 1. The molecule has 1 N–H and O–H groups in total. The number of benzene rings is 1. The van der Waals surface area contributed by atoms with Crippen molar-refractivity contribution in [3.8, 4) is 11.8 Å². The van der Waals surface area contributed by atoms with Gasteiger partial charge >= 0.3 is 5.97 Å². The van der Waals surface area contributed by atoms with Crippen LogP contribution in [0.5, 0.6) is 0 Å². The summed E-state index contributed by atoms with van der Waals surface area (Å²) in [4.78, 5) is 21.5. The Bertz CT molecular complexity index is 590. The average molecular weight is 280 g/mol. The summed E-state index contributed by atoms with van der Waals surface area (Å²) in [5.41, 5.74) is -1.09. The molecule has 7 heteroatoms. The first-order chi connectivity index (χ1) is 9.51. The second-order valence-electron chi connectivity index (χ2n) is 3.75. The molecule has 20 heavy (non-hydrogen) atoms. The van der Waals surface area contributed by atoms with Crippen LogP contribution in [0.15, 0.2) is 12.1 Å². The van der Waals surface area contributed by atoms with Crippen molar-refractivity contribution in [1.82, 2.24) is 5.32 Å². The molecule has 0 unspecified atom stereocenters. The van der Waals surface area contributed by atoms with Gasteiger partial charge in [0.25, 0.3) is 5.69 Å². The third-order valence-electron chi connectivity index (χ3n) is 2.41. The maximum atomic E-state index is 13.8. The minimum atomic E-state index is -0.967. The predicted octanol–water partition coefficient (Wildman–Crippen LogP) is 1.48. The Morgan fingerprint density at radius 2 is 2.25 bits per heavy atom. The van der Waals surface area contributed by atoms with Crippen molar-refractivity contribution in [2.75, 3.05) is 20.7 Å². The van der Waals surface area contributed by atoms with Crippen LogP contribution in [0, 0.1) is 27.8 Å². The van der Waals surface area contributed by atoms with E-state index < -0.39 is 28.0 Å². The Hall–Kier alpha value is -2.46. The highest BCUT2D eigenvalue weighted by molar-refractivity contribution is 5.94. The minimum Gasteiger partial charge on any atom is -0.465 e. The van der Waals surface area contributed by atoms with Crippen LogP contribution in [0.25, 0.3) is 0 Å². The van der Waals surface area contributed by atoms with E-state index >= 15 is 0 Å². The molecule has 0 aliphatic heterocycles. The van der Waals surface area contributed by atoms with Gasteiger partial charge in [0.2, 0.25) is 0 Å². The quantitative estimate of drug-likeness (QED) is 0.297. The summed E-state index contributed by atoms with van der Waals surface area (Å²) in [5, 5.41) is 13.8. The second-order valence-corrected chi connectivity index (χ2v) is 3.75. The Labute approximate surface area is 115 Å². The average Bonchev–Trinajstić information content (AvgIpc) is 2.43. The summed E-state index contributed by atoms with van der Waals surface area (Å²) in [5.74, 6) is 3.42. The number of nitrogens with zero attached hydrogens (tertiary/aromatic N) is 1. The van der Waals surface area contributed by atoms with Crippen molar-refractivity contribution >= 4 is 11.7 Å². The summed E-state index contributed by atoms with van der Waals surface area (Å²) < 4.78 is 18.1. The molecule has 0 aromatic heterocycles. The Morgan fingerprint density at radius 3 is 2.80 bits per heavy atom. The zero-order valence-electron chi connectivity index (χ0n) is 11.0. The number of nitro groups is 1. The molecule has 0 amide bonds. The number of methoxy groups -OCH3 is 1. The summed E-state index contributed by atoms with van der Waals surface area (Å²) in [6.45, 7) is 0.622. The number of halogens is 1. The van der Waals surface area contributed by atoms with Crippen LogP contribution >= 0.6 is 0 Å². The maximum absolute atomic E-state index is 13.8. The number of carbonyl (C=O) groups is 1. The molecule has 0 heterocycles. The topological polar surface area (TPSA) is 81.5 Å². The van der Waals surface area contributed by atoms with Crippen molar-refractivity contribution in [3.05, 3.63) is 39.2 Å². The number of hydrogen-bond acceptors (Lipinski definition) is 5. The number of hydrogen-bond donors (Lipinski definition) is 1. The lowest BCUT2D eigenvalue weighted by Gasteiger charge is -2.02. The van der Waals surface area contributed by atoms with Gasteiger partial charge in [-0.2, -0.15) is 0 Å². The van der Waals surface area contributed by atoms with E-state index in [2.05, 4.69) is 21.9 Å². The minimum absolute atomic E-state index is 0.125. The number of rotatable bonds is 4. The zero-order valence-corrected chi connectivity index (χ0v) is 11.0. The van der Waals surface area contributed by atoms with E-state index in [0.29, 0.717) is 13.0 Å². The summed E-state index contributed by atoms with van der Waals surface area (Å²) in [6, 6.07) is 1.71. The first-order valence-electron chi connectivity index (χ1n) is 5.71. The van der Waals surface area contributed by atoms with Crippen LogP contribution in [0.1, 0.15) is 22.3 Å². The highest BCUT2D eigenvalue weighted by Crippen LogP contribution is 2.23. The molecule has 1 aromatic carbocycles. The van der Waals surface area contributed by atoms with Gasteiger partial charge in [-0.25, -0.2) is 9.18 Å². The molecule has 0 aliphatic carbocycles. The van der Waals surface area contributed by atoms with Gasteiger partial charge in [0.05, 0.1) is 17.6 Å². The van der Waals surface area contributed by atoms with Crippen LogP contribution in [-0.4, -0.2) is 31.6 Å². The molecule has 0 aliphatic rings. The van der Waals surface area contributed by atoms with E-state index in [9.17, 15) is 19.3 Å². The molecular formula is C13H13FN2O4. The fourth-order valence-corrected chi connectivity index (χ4v) is 1.43. The number of carbonyl (C=O) groups excluding carboxylic acids is 1. The highest BCUT2D eigenvalue weighted by atomic mass is 19.1. The number of ether oxygens (including phenoxy) is 1. The van der Waals surface area contributed by atoms with Gasteiger partial charge in [-0.3, -0.25) is 10.1 Å². The first-order valence-corrected chi connectivity index (χ1v) is 5.71. The van der Waals surface area contributed by atoms with E-state index in [4.69, 9.17) is 0 Å². The zero-order chi connectivity index (χ0) is 15.1.